The van der Waals surface area contributed by atoms with E-state index in [9.17, 15) is 5.11 Å². The van der Waals surface area contributed by atoms with Crippen molar-refractivity contribution in [3.63, 3.8) is 0 Å². The van der Waals surface area contributed by atoms with Crippen molar-refractivity contribution in [2.45, 2.75) is 31.8 Å². The summed E-state index contributed by atoms with van der Waals surface area (Å²) in [7, 11) is 1.66. The first-order chi connectivity index (χ1) is 7.51. The van der Waals surface area contributed by atoms with Gasteiger partial charge < -0.3 is 14.6 Å². The second kappa shape index (κ2) is 3.98. The Morgan fingerprint density at radius 2 is 2.25 bits per heavy atom. The first kappa shape index (κ1) is 11.3. The standard InChI is InChI=1S/C13H18O3/c1-13(2,14)7-9-8-16-11-6-4-5-10(15-3)12(9)11/h4-6,9,14H,7-8H2,1-3H3. The summed E-state index contributed by atoms with van der Waals surface area (Å²) in [5, 5.41) is 9.87. The second-order valence-corrected chi connectivity index (χ2v) is 4.90. The van der Waals surface area contributed by atoms with Crippen molar-refractivity contribution in [3.8, 4) is 11.5 Å². The highest BCUT2D eigenvalue weighted by Gasteiger charge is 2.31. The minimum absolute atomic E-state index is 0.214. The molecule has 1 aromatic carbocycles. The van der Waals surface area contributed by atoms with Crippen LogP contribution >= 0.6 is 0 Å². The van der Waals surface area contributed by atoms with Crippen molar-refractivity contribution < 1.29 is 14.6 Å². The molecule has 88 valence electrons. The van der Waals surface area contributed by atoms with Gasteiger partial charge in [0.1, 0.15) is 11.5 Å². The first-order valence-electron chi connectivity index (χ1n) is 5.53. The van der Waals surface area contributed by atoms with Gasteiger partial charge in [-0.2, -0.15) is 0 Å². The topological polar surface area (TPSA) is 38.7 Å². The van der Waals surface area contributed by atoms with Crippen LogP contribution < -0.4 is 9.47 Å². The first-order valence-corrected chi connectivity index (χ1v) is 5.53. The molecule has 0 radical (unpaired) electrons. The Labute approximate surface area is 96.0 Å². The molecule has 1 atom stereocenters. The number of rotatable bonds is 3. The van der Waals surface area contributed by atoms with E-state index in [0.29, 0.717) is 13.0 Å². The summed E-state index contributed by atoms with van der Waals surface area (Å²) >= 11 is 0. The molecule has 0 aliphatic carbocycles. The fourth-order valence-electron chi connectivity index (χ4n) is 2.27. The van der Waals surface area contributed by atoms with Crippen LogP contribution in [0.4, 0.5) is 0 Å². The molecule has 1 unspecified atom stereocenters. The van der Waals surface area contributed by atoms with E-state index in [-0.39, 0.29) is 5.92 Å². The van der Waals surface area contributed by atoms with Gasteiger partial charge in [-0.25, -0.2) is 0 Å². The van der Waals surface area contributed by atoms with Crippen LogP contribution in [0, 0.1) is 0 Å². The highest BCUT2D eigenvalue weighted by Crippen LogP contribution is 2.43. The Hall–Kier alpha value is -1.22. The zero-order chi connectivity index (χ0) is 11.8. The van der Waals surface area contributed by atoms with Gasteiger partial charge in [-0.15, -0.1) is 0 Å². The fourth-order valence-corrected chi connectivity index (χ4v) is 2.27. The number of aliphatic hydroxyl groups is 1. The summed E-state index contributed by atoms with van der Waals surface area (Å²) < 4.78 is 10.9. The van der Waals surface area contributed by atoms with Gasteiger partial charge in [0.05, 0.1) is 19.3 Å². The van der Waals surface area contributed by atoms with Crippen LogP contribution in [-0.4, -0.2) is 24.4 Å². The molecule has 0 fully saturated rings. The summed E-state index contributed by atoms with van der Waals surface area (Å²) in [6.07, 6.45) is 0.681. The van der Waals surface area contributed by atoms with E-state index in [2.05, 4.69) is 0 Å². The molecular weight excluding hydrogens is 204 g/mol. The maximum Gasteiger partial charge on any atom is 0.126 e. The fraction of sp³-hybridized carbons (Fsp3) is 0.538. The SMILES string of the molecule is COc1cccc2c1C(CC(C)(C)O)CO2. The van der Waals surface area contributed by atoms with Gasteiger partial charge in [-0.3, -0.25) is 0 Å². The molecule has 0 saturated carbocycles. The van der Waals surface area contributed by atoms with Crippen LogP contribution in [0.2, 0.25) is 0 Å². The van der Waals surface area contributed by atoms with Crippen LogP contribution in [0.1, 0.15) is 31.7 Å². The molecule has 2 rings (SSSR count). The monoisotopic (exact) mass is 222 g/mol. The molecule has 0 bridgehead atoms. The van der Waals surface area contributed by atoms with Crippen LogP contribution in [-0.2, 0) is 0 Å². The molecule has 0 aromatic heterocycles. The minimum atomic E-state index is -0.684. The quantitative estimate of drug-likeness (QED) is 0.853. The number of fused-ring (bicyclic) bond motifs is 1. The summed E-state index contributed by atoms with van der Waals surface area (Å²) in [5.41, 5.74) is 0.406. The van der Waals surface area contributed by atoms with E-state index in [4.69, 9.17) is 9.47 Å². The van der Waals surface area contributed by atoms with Crippen molar-refractivity contribution in [1.82, 2.24) is 0 Å². The van der Waals surface area contributed by atoms with Gasteiger partial charge in [0.25, 0.3) is 0 Å². The number of methoxy groups -OCH3 is 1. The third-order valence-electron chi connectivity index (χ3n) is 2.84. The van der Waals surface area contributed by atoms with Crippen LogP contribution in [0.3, 0.4) is 0 Å². The average Bonchev–Trinajstić information content (AvgIpc) is 2.59. The smallest absolute Gasteiger partial charge is 0.126 e. The Morgan fingerprint density at radius 3 is 2.88 bits per heavy atom. The van der Waals surface area contributed by atoms with E-state index in [1.165, 1.54) is 0 Å². The minimum Gasteiger partial charge on any atom is -0.496 e. The van der Waals surface area contributed by atoms with Crippen molar-refractivity contribution in [1.29, 1.82) is 0 Å². The predicted molar refractivity (Wildman–Crippen MR) is 62.1 cm³/mol. The number of hydrogen-bond acceptors (Lipinski definition) is 3. The van der Waals surface area contributed by atoms with E-state index < -0.39 is 5.60 Å². The van der Waals surface area contributed by atoms with E-state index in [1.54, 1.807) is 7.11 Å². The van der Waals surface area contributed by atoms with E-state index in [0.717, 1.165) is 17.1 Å². The zero-order valence-corrected chi connectivity index (χ0v) is 9.99. The lowest BCUT2D eigenvalue weighted by molar-refractivity contribution is 0.0601. The third kappa shape index (κ3) is 2.14. The molecule has 1 aromatic rings. The lowest BCUT2D eigenvalue weighted by Gasteiger charge is -2.21. The number of hydrogen-bond donors (Lipinski definition) is 1. The number of ether oxygens (including phenoxy) is 2. The molecular formula is C13H18O3. The van der Waals surface area contributed by atoms with Gasteiger partial charge >= 0.3 is 0 Å². The van der Waals surface area contributed by atoms with Crippen molar-refractivity contribution in [2.75, 3.05) is 13.7 Å². The maximum atomic E-state index is 9.87. The molecule has 1 aliphatic rings. The molecule has 0 spiro atoms. The molecule has 0 amide bonds. The highest BCUT2D eigenvalue weighted by molar-refractivity contribution is 5.49. The van der Waals surface area contributed by atoms with Crippen LogP contribution in [0.5, 0.6) is 11.5 Å². The Kier molecular flexibility index (Phi) is 2.80. The van der Waals surface area contributed by atoms with Crippen molar-refractivity contribution in [2.24, 2.45) is 0 Å². The Balaban J connectivity index is 2.31. The molecule has 16 heavy (non-hydrogen) atoms. The zero-order valence-electron chi connectivity index (χ0n) is 9.99. The van der Waals surface area contributed by atoms with E-state index in [1.807, 2.05) is 32.0 Å². The molecule has 1 heterocycles. The normalized spacial score (nSPS) is 19.1. The van der Waals surface area contributed by atoms with Crippen molar-refractivity contribution >= 4 is 0 Å². The van der Waals surface area contributed by atoms with Gasteiger partial charge in [0, 0.05) is 11.5 Å². The van der Waals surface area contributed by atoms with Crippen molar-refractivity contribution in [3.05, 3.63) is 23.8 Å². The summed E-state index contributed by atoms with van der Waals surface area (Å²) in [4.78, 5) is 0. The highest BCUT2D eigenvalue weighted by atomic mass is 16.5. The van der Waals surface area contributed by atoms with Gasteiger partial charge in [-0.1, -0.05) is 6.07 Å². The summed E-state index contributed by atoms with van der Waals surface area (Å²) in [5.74, 6) is 1.95. The predicted octanol–water partition coefficient (Wildman–Crippen LogP) is 2.33. The molecule has 3 heteroatoms. The second-order valence-electron chi connectivity index (χ2n) is 4.90. The molecule has 1 N–H and O–H groups in total. The Bertz CT molecular complexity index is 379. The lowest BCUT2D eigenvalue weighted by atomic mass is 9.89. The maximum absolute atomic E-state index is 9.87. The average molecular weight is 222 g/mol. The number of benzene rings is 1. The summed E-state index contributed by atoms with van der Waals surface area (Å²) in [6.45, 7) is 4.26. The molecule has 1 aliphatic heterocycles. The third-order valence-corrected chi connectivity index (χ3v) is 2.84. The largest absolute Gasteiger partial charge is 0.496 e. The molecule has 0 saturated heterocycles. The Morgan fingerprint density at radius 1 is 1.50 bits per heavy atom. The van der Waals surface area contributed by atoms with E-state index >= 15 is 0 Å². The molecule has 3 nitrogen and oxygen atoms in total. The van der Waals surface area contributed by atoms with Crippen LogP contribution in [0.25, 0.3) is 0 Å². The van der Waals surface area contributed by atoms with Crippen LogP contribution in [0.15, 0.2) is 18.2 Å². The van der Waals surface area contributed by atoms with Gasteiger partial charge in [0.15, 0.2) is 0 Å². The lowest BCUT2D eigenvalue weighted by Crippen LogP contribution is -2.23. The van der Waals surface area contributed by atoms with Gasteiger partial charge in [0.2, 0.25) is 0 Å². The van der Waals surface area contributed by atoms with Gasteiger partial charge in [-0.05, 0) is 32.4 Å². The summed E-state index contributed by atoms with van der Waals surface area (Å²) in [6, 6.07) is 5.80.